The fourth-order valence-electron chi connectivity index (χ4n) is 3.00. The van der Waals surface area contributed by atoms with Crippen molar-refractivity contribution in [1.82, 2.24) is 10.6 Å². The lowest BCUT2D eigenvalue weighted by Crippen LogP contribution is -2.45. The van der Waals surface area contributed by atoms with Crippen LogP contribution in [0.2, 0.25) is 0 Å². The van der Waals surface area contributed by atoms with Gasteiger partial charge < -0.3 is 10.6 Å². The lowest BCUT2D eigenvalue weighted by Gasteiger charge is -2.35. The van der Waals surface area contributed by atoms with Crippen LogP contribution in [0, 0.1) is 16.7 Å². The number of hydrogen-bond donors (Lipinski definition) is 2. The molecule has 0 bridgehead atoms. The second kappa shape index (κ2) is 4.66. The van der Waals surface area contributed by atoms with Crippen LogP contribution in [0.3, 0.4) is 0 Å². The normalized spacial score (nSPS) is 33.0. The highest BCUT2D eigenvalue weighted by Gasteiger charge is 2.44. The van der Waals surface area contributed by atoms with Crippen LogP contribution < -0.4 is 10.6 Å². The Balaban J connectivity index is 1.71. The van der Waals surface area contributed by atoms with Crippen molar-refractivity contribution in [3.05, 3.63) is 0 Å². The molecule has 16 heavy (non-hydrogen) atoms. The molecule has 0 radical (unpaired) electrons. The maximum Gasteiger partial charge on any atom is 0.00176 e. The highest BCUT2D eigenvalue weighted by atomic mass is 15.0. The zero-order chi connectivity index (χ0) is 11.6. The molecule has 2 rings (SSSR count). The Morgan fingerprint density at radius 1 is 1.19 bits per heavy atom. The molecule has 0 aromatic carbocycles. The number of hydrogen-bond acceptors (Lipinski definition) is 2. The third-order valence-corrected chi connectivity index (χ3v) is 4.83. The second-order valence-corrected chi connectivity index (χ2v) is 6.71. The summed E-state index contributed by atoms with van der Waals surface area (Å²) in [6, 6.07) is 0. The quantitative estimate of drug-likeness (QED) is 0.749. The molecule has 1 saturated heterocycles. The Morgan fingerprint density at radius 3 is 2.44 bits per heavy atom. The van der Waals surface area contributed by atoms with Gasteiger partial charge in [-0.05, 0) is 49.0 Å². The van der Waals surface area contributed by atoms with Crippen LogP contribution in [-0.4, -0.2) is 26.2 Å². The van der Waals surface area contributed by atoms with Gasteiger partial charge in [0.2, 0.25) is 0 Å². The van der Waals surface area contributed by atoms with E-state index in [-0.39, 0.29) is 0 Å². The van der Waals surface area contributed by atoms with Gasteiger partial charge in [-0.1, -0.05) is 20.8 Å². The largest absolute Gasteiger partial charge is 0.316 e. The van der Waals surface area contributed by atoms with Gasteiger partial charge in [-0.25, -0.2) is 0 Å². The zero-order valence-electron chi connectivity index (χ0n) is 11.2. The van der Waals surface area contributed by atoms with Gasteiger partial charge in [0.05, 0.1) is 0 Å². The molecule has 94 valence electrons. The van der Waals surface area contributed by atoms with Crippen molar-refractivity contribution in [1.29, 1.82) is 0 Å². The van der Waals surface area contributed by atoms with Gasteiger partial charge in [-0.3, -0.25) is 0 Å². The molecule has 2 heteroatoms. The van der Waals surface area contributed by atoms with Crippen molar-refractivity contribution >= 4 is 0 Å². The first-order valence-electron chi connectivity index (χ1n) is 6.98. The lowest BCUT2D eigenvalue weighted by atomic mass is 9.82. The first kappa shape index (κ1) is 12.4. The van der Waals surface area contributed by atoms with E-state index in [4.69, 9.17) is 0 Å². The summed E-state index contributed by atoms with van der Waals surface area (Å²) in [6.45, 7) is 12.0. The summed E-state index contributed by atoms with van der Waals surface area (Å²) < 4.78 is 0. The summed E-state index contributed by atoms with van der Waals surface area (Å²) in [5.74, 6) is 0.845. The summed E-state index contributed by atoms with van der Waals surface area (Å²) in [7, 11) is 0. The number of rotatable bonds is 5. The fraction of sp³-hybridized carbons (Fsp3) is 1.00. The van der Waals surface area contributed by atoms with Crippen LogP contribution in [0.5, 0.6) is 0 Å². The molecular formula is C14H28N2. The lowest BCUT2D eigenvalue weighted by molar-refractivity contribution is 0.214. The molecule has 1 aliphatic carbocycles. The highest BCUT2D eigenvalue weighted by molar-refractivity contribution is 4.97. The molecule has 1 atom stereocenters. The molecule has 0 amide bonds. The molecular weight excluding hydrogens is 196 g/mol. The SMILES string of the molecule is CC(C)C1(CNCC2(C)CCCNC2)CC1. The average molecular weight is 224 g/mol. The van der Waals surface area contributed by atoms with Crippen molar-refractivity contribution in [2.75, 3.05) is 26.2 Å². The smallest absolute Gasteiger partial charge is 0.00176 e. The van der Waals surface area contributed by atoms with Gasteiger partial charge in [0, 0.05) is 19.6 Å². The van der Waals surface area contributed by atoms with Gasteiger partial charge in [0.15, 0.2) is 0 Å². The van der Waals surface area contributed by atoms with Gasteiger partial charge in [-0.2, -0.15) is 0 Å². The molecule has 1 unspecified atom stereocenters. The van der Waals surface area contributed by atoms with Crippen LogP contribution in [0.15, 0.2) is 0 Å². The molecule has 0 aromatic heterocycles. The minimum Gasteiger partial charge on any atom is -0.316 e. The van der Waals surface area contributed by atoms with Crippen molar-refractivity contribution in [2.24, 2.45) is 16.7 Å². The van der Waals surface area contributed by atoms with Crippen LogP contribution in [0.25, 0.3) is 0 Å². The Bertz CT molecular complexity index is 225. The van der Waals surface area contributed by atoms with Crippen molar-refractivity contribution in [3.8, 4) is 0 Å². The van der Waals surface area contributed by atoms with E-state index in [9.17, 15) is 0 Å². The van der Waals surface area contributed by atoms with Crippen LogP contribution >= 0.6 is 0 Å². The maximum absolute atomic E-state index is 3.74. The van der Waals surface area contributed by atoms with Crippen molar-refractivity contribution in [2.45, 2.75) is 46.5 Å². The minimum atomic E-state index is 0.491. The Kier molecular flexibility index (Phi) is 3.60. The van der Waals surface area contributed by atoms with Crippen LogP contribution in [0.1, 0.15) is 46.5 Å². The molecule has 1 heterocycles. The predicted octanol–water partition coefficient (Wildman–Crippen LogP) is 2.40. The predicted molar refractivity (Wildman–Crippen MR) is 69.6 cm³/mol. The first-order chi connectivity index (χ1) is 7.56. The standard InChI is InChI=1S/C14H28N2/c1-12(2)14(6-7-14)11-16-10-13(3)5-4-8-15-9-13/h12,15-16H,4-11H2,1-3H3. The summed E-state index contributed by atoms with van der Waals surface area (Å²) in [5, 5.41) is 7.26. The first-order valence-corrected chi connectivity index (χ1v) is 6.98. The van der Waals surface area contributed by atoms with E-state index in [1.807, 2.05) is 0 Å². The molecule has 0 spiro atoms. The van der Waals surface area contributed by atoms with Gasteiger partial charge in [-0.15, -0.1) is 0 Å². The highest BCUT2D eigenvalue weighted by Crippen LogP contribution is 2.51. The maximum atomic E-state index is 3.74. The molecule has 1 aliphatic heterocycles. The molecule has 2 N–H and O–H groups in total. The topological polar surface area (TPSA) is 24.1 Å². The monoisotopic (exact) mass is 224 g/mol. The van der Waals surface area contributed by atoms with Gasteiger partial charge >= 0.3 is 0 Å². The van der Waals surface area contributed by atoms with Crippen LogP contribution in [0.4, 0.5) is 0 Å². The molecule has 2 fully saturated rings. The zero-order valence-corrected chi connectivity index (χ0v) is 11.2. The summed E-state index contributed by atoms with van der Waals surface area (Å²) >= 11 is 0. The third kappa shape index (κ3) is 2.78. The summed E-state index contributed by atoms with van der Waals surface area (Å²) in [4.78, 5) is 0. The molecule has 1 saturated carbocycles. The van der Waals surface area contributed by atoms with Gasteiger partial charge in [0.1, 0.15) is 0 Å². The van der Waals surface area contributed by atoms with E-state index in [1.54, 1.807) is 0 Å². The Labute approximate surface area is 101 Å². The average Bonchev–Trinajstić information content (AvgIpc) is 3.00. The Hall–Kier alpha value is -0.0800. The van der Waals surface area contributed by atoms with Crippen LogP contribution in [-0.2, 0) is 0 Å². The number of nitrogens with one attached hydrogen (secondary N) is 2. The summed E-state index contributed by atoms with van der Waals surface area (Å²) in [6.07, 6.45) is 5.59. The minimum absolute atomic E-state index is 0.491. The van der Waals surface area contributed by atoms with E-state index in [0.717, 1.165) is 5.92 Å². The molecule has 2 nitrogen and oxygen atoms in total. The van der Waals surface area contributed by atoms with E-state index >= 15 is 0 Å². The van der Waals surface area contributed by atoms with E-state index < -0.39 is 0 Å². The fourth-order valence-corrected chi connectivity index (χ4v) is 3.00. The summed E-state index contributed by atoms with van der Waals surface area (Å²) in [5.41, 5.74) is 1.14. The van der Waals surface area contributed by atoms with E-state index in [2.05, 4.69) is 31.4 Å². The number of piperidine rings is 1. The Morgan fingerprint density at radius 2 is 1.94 bits per heavy atom. The van der Waals surface area contributed by atoms with Crippen molar-refractivity contribution in [3.63, 3.8) is 0 Å². The molecule has 0 aromatic rings. The van der Waals surface area contributed by atoms with Crippen molar-refractivity contribution < 1.29 is 0 Å². The van der Waals surface area contributed by atoms with E-state index in [1.165, 1.54) is 51.9 Å². The molecule has 2 aliphatic rings. The van der Waals surface area contributed by atoms with E-state index in [0.29, 0.717) is 10.8 Å². The second-order valence-electron chi connectivity index (χ2n) is 6.71. The van der Waals surface area contributed by atoms with Gasteiger partial charge in [0.25, 0.3) is 0 Å². The third-order valence-electron chi connectivity index (χ3n) is 4.83.